The normalized spacial score (nSPS) is 11.5. The highest BCUT2D eigenvalue weighted by Crippen LogP contribution is 2.29. The lowest BCUT2D eigenvalue weighted by atomic mass is 10.1. The van der Waals surface area contributed by atoms with Gasteiger partial charge in [-0.1, -0.05) is 0 Å². The van der Waals surface area contributed by atoms with Gasteiger partial charge in [-0.25, -0.2) is 9.50 Å². The summed E-state index contributed by atoms with van der Waals surface area (Å²) in [6.07, 6.45) is -3.52. The molecule has 0 amide bonds. The number of fused-ring (bicyclic) bond motifs is 1. The number of pyridine rings is 1. The molecule has 0 atom stereocenters. The van der Waals surface area contributed by atoms with E-state index in [4.69, 9.17) is 5.26 Å². The van der Waals surface area contributed by atoms with Crippen LogP contribution < -0.4 is 0 Å². The minimum absolute atomic E-state index is 0.304. The molecule has 0 spiro atoms. The summed E-state index contributed by atoms with van der Waals surface area (Å²) in [6.45, 7) is 0. The third-order valence-corrected chi connectivity index (χ3v) is 2.93. The standard InChI is InChI=1S/C14H7F3N4/c15-14(16,17)11-5-6-12-19-13(20-21(12)8-11)10-3-1-9(7-18)2-4-10/h1-6,8H. The topological polar surface area (TPSA) is 54.0 Å². The lowest BCUT2D eigenvalue weighted by Crippen LogP contribution is -2.06. The quantitative estimate of drug-likeness (QED) is 0.690. The van der Waals surface area contributed by atoms with Gasteiger partial charge in [-0.05, 0) is 36.4 Å². The molecule has 0 fully saturated rings. The maximum absolute atomic E-state index is 12.6. The van der Waals surface area contributed by atoms with Crippen molar-refractivity contribution >= 4 is 5.65 Å². The van der Waals surface area contributed by atoms with E-state index in [9.17, 15) is 13.2 Å². The van der Waals surface area contributed by atoms with Crippen LogP contribution in [0.2, 0.25) is 0 Å². The molecule has 1 aromatic carbocycles. The molecule has 0 unspecified atom stereocenters. The number of alkyl halides is 3. The first kappa shape index (κ1) is 13.1. The number of benzene rings is 1. The molecular formula is C14H7F3N4. The van der Waals surface area contributed by atoms with Crippen LogP contribution in [0.1, 0.15) is 11.1 Å². The summed E-state index contributed by atoms with van der Waals surface area (Å²) in [5, 5.41) is 12.8. The number of nitriles is 1. The summed E-state index contributed by atoms with van der Waals surface area (Å²) in [5.41, 5.74) is 0.654. The minimum Gasteiger partial charge on any atom is -0.220 e. The third kappa shape index (κ3) is 2.43. The molecule has 3 aromatic rings. The van der Waals surface area contributed by atoms with Crippen LogP contribution in [0.25, 0.3) is 17.0 Å². The molecule has 104 valence electrons. The minimum atomic E-state index is -4.42. The van der Waals surface area contributed by atoms with E-state index in [1.165, 1.54) is 6.07 Å². The Labute approximate surface area is 117 Å². The Morgan fingerprint density at radius 2 is 1.76 bits per heavy atom. The van der Waals surface area contributed by atoms with Crippen molar-refractivity contribution in [1.29, 1.82) is 5.26 Å². The molecule has 0 bridgehead atoms. The highest BCUT2D eigenvalue weighted by Gasteiger charge is 2.31. The number of halogens is 3. The van der Waals surface area contributed by atoms with E-state index in [2.05, 4.69) is 10.1 Å². The van der Waals surface area contributed by atoms with Gasteiger partial charge < -0.3 is 0 Å². The van der Waals surface area contributed by atoms with Crippen LogP contribution in [0.4, 0.5) is 13.2 Å². The Hall–Kier alpha value is -2.88. The monoisotopic (exact) mass is 288 g/mol. The van der Waals surface area contributed by atoms with E-state index < -0.39 is 11.7 Å². The van der Waals surface area contributed by atoms with E-state index in [1.54, 1.807) is 24.3 Å². The van der Waals surface area contributed by atoms with Crippen molar-refractivity contribution in [3.8, 4) is 17.5 Å². The summed E-state index contributed by atoms with van der Waals surface area (Å²) in [5.74, 6) is 0.304. The van der Waals surface area contributed by atoms with Crippen molar-refractivity contribution in [2.24, 2.45) is 0 Å². The summed E-state index contributed by atoms with van der Waals surface area (Å²) in [4.78, 5) is 4.16. The maximum Gasteiger partial charge on any atom is 0.417 e. The smallest absolute Gasteiger partial charge is 0.220 e. The molecule has 0 aliphatic heterocycles. The maximum atomic E-state index is 12.6. The van der Waals surface area contributed by atoms with Crippen molar-refractivity contribution in [2.75, 3.05) is 0 Å². The van der Waals surface area contributed by atoms with Crippen molar-refractivity contribution in [3.05, 3.63) is 53.7 Å². The lowest BCUT2D eigenvalue weighted by Gasteiger charge is -2.05. The number of hydrogen-bond acceptors (Lipinski definition) is 3. The van der Waals surface area contributed by atoms with Crippen LogP contribution >= 0.6 is 0 Å². The fraction of sp³-hybridized carbons (Fsp3) is 0.0714. The first-order valence-corrected chi connectivity index (χ1v) is 5.91. The van der Waals surface area contributed by atoms with Gasteiger partial charge >= 0.3 is 6.18 Å². The molecule has 2 heterocycles. The van der Waals surface area contributed by atoms with E-state index >= 15 is 0 Å². The van der Waals surface area contributed by atoms with Crippen LogP contribution in [0.5, 0.6) is 0 Å². The number of rotatable bonds is 1. The molecule has 0 radical (unpaired) electrons. The van der Waals surface area contributed by atoms with E-state index in [-0.39, 0.29) is 0 Å². The molecule has 0 N–H and O–H groups in total. The fourth-order valence-electron chi connectivity index (χ4n) is 1.87. The average Bonchev–Trinajstić information content (AvgIpc) is 2.89. The van der Waals surface area contributed by atoms with Gasteiger partial charge in [-0.3, -0.25) is 0 Å². The van der Waals surface area contributed by atoms with Gasteiger partial charge in [0.25, 0.3) is 0 Å². The second-order valence-corrected chi connectivity index (χ2v) is 4.34. The molecule has 0 aliphatic carbocycles. The predicted octanol–water partition coefficient (Wildman–Crippen LogP) is 3.29. The zero-order chi connectivity index (χ0) is 15.0. The van der Waals surface area contributed by atoms with Crippen molar-refractivity contribution < 1.29 is 13.2 Å². The molecule has 0 aliphatic rings. The Morgan fingerprint density at radius 1 is 1.05 bits per heavy atom. The summed E-state index contributed by atoms with van der Waals surface area (Å²) in [7, 11) is 0. The average molecular weight is 288 g/mol. The second kappa shape index (κ2) is 4.59. The largest absolute Gasteiger partial charge is 0.417 e. The summed E-state index contributed by atoms with van der Waals surface area (Å²) in [6, 6.07) is 10.7. The van der Waals surface area contributed by atoms with Crippen molar-refractivity contribution in [1.82, 2.24) is 14.6 Å². The third-order valence-electron chi connectivity index (χ3n) is 2.93. The fourth-order valence-corrected chi connectivity index (χ4v) is 1.87. The summed E-state index contributed by atoms with van der Waals surface area (Å²) < 4.78 is 39.0. The second-order valence-electron chi connectivity index (χ2n) is 4.34. The molecular weight excluding hydrogens is 281 g/mol. The predicted molar refractivity (Wildman–Crippen MR) is 68.1 cm³/mol. The first-order chi connectivity index (χ1) is 9.97. The van der Waals surface area contributed by atoms with Gasteiger partial charge in [0.15, 0.2) is 11.5 Å². The summed E-state index contributed by atoms with van der Waals surface area (Å²) >= 11 is 0. The van der Waals surface area contributed by atoms with Crippen LogP contribution in [-0.2, 0) is 6.18 Å². The molecule has 2 aromatic heterocycles. The molecule has 4 nitrogen and oxygen atoms in total. The SMILES string of the molecule is N#Cc1ccc(-c2nc3ccc(C(F)(F)F)cn3n2)cc1. The van der Waals surface area contributed by atoms with Gasteiger partial charge in [0.1, 0.15) is 0 Å². The zero-order valence-corrected chi connectivity index (χ0v) is 10.5. The van der Waals surface area contributed by atoms with E-state index in [0.29, 0.717) is 22.6 Å². The van der Waals surface area contributed by atoms with Crippen LogP contribution in [-0.4, -0.2) is 14.6 Å². The number of aromatic nitrogens is 3. The molecule has 21 heavy (non-hydrogen) atoms. The van der Waals surface area contributed by atoms with Crippen molar-refractivity contribution in [2.45, 2.75) is 6.18 Å². The van der Waals surface area contributed by atoms with Crippen LogP contribution in [0, 0.1) is 11.3 Å². The zero-order valence-electron chi connectivity index (χ0n) is 10.5. The Kier molecular flexibility index (Phi) is 2.87. The Balaban J connectivity index is 2.06. The molecule has 7 heteroatoms. The first-order valence-electron chi connectivity index (χ1n) is 5.91. The Bertz CT molecular complexity index is 841. The molecule has 0 saturated carbocycles. The van der Waals surface area contributed by atoms with Gasteiger partial charge in [0.05, 0.1) is 17.2 Å². The lowest BCUT2D eigenvalue weighted by molar-refractivity contribution is -0.137. The van der Waals surface area contributed by atoms with E-state index in [0.717, 1.165) is 16.8 Å². The van der Waals surface area contributed by atoms with Crippen molar-refractivity contribution in [3.63, 3.8) is 0 Å². The van der Waals surface area contributed by atoms with E-state index in [1.807, 2.05) is 6.07 Å². The molecule has 3 rings (SSSR count). The van der Waals surface area contributed by atoms with Crippen LogP contribution in [0.3, 0.4) is 0 Å². The highest BCUT2D eigenvalue weighted by molar-refractivity contribution is 5.59. The highest BCUT2D eigenvalue weighted by atomic mass is 19.4. The van der Waals surface area contributed by atoms with Crippen LogP contribution in [0.15, 0.2) is 42.6 Å². The molecule has 0 saturated heterocycles. The van der Waals surface area contributed by atoms with Gasteiger partial charge in [-0.15, -0.1) is 5.10 Å². The van der Waals surface area contributed by atoms with Gasteiger partial charge in [0, 0.05) is 11.8 Å². The number of hydrogen-bond donors (Lipinski definition) is 0. The Morgan fingerprint density at radius 3 is 2.38 bits per heavy atom. The van der Waals surface area contributed by atoms with Gasteiger partial charge in [0.2, 0.25) is 0 Å². The van der Waals surface area contributed by atoms with Gasteiger partial charge in [-0.2, -0.15) is 18.4 Å². The number of nitrogens with zero attached hydrogens (tertiary/aromatic N) is 4.